The Morgan fingerprint density at radius 2 is 1.76 bits per heavy atom. The summed E-state index contributed by atoms with van der Waals surface area (Å²) in [6.07, 6.45) is 0.246. The van der Waals surface area contributed by atoms with Crippen LogP contribution in [0.1, 0.15) is 10.6 Å². The van der Waals surface area contributed by atoms with Crippen LogP contribution in [0.2, 0.25) is 0 Å². The summed E-state index contributed by atoms with van der Waals surface area (Å²) in [5, 5.41) is 5.78. The monoisotopic (exact) mass is 403 g/mol. The molecule has 0 radical (unpaired) electrons. The van der Waals surface area contributed by atoms with Crippen molar-refractivity contribution < 1.29 is 9.59 Å². The maximum atomic E-state index is 12.4. The summed E-state index contributed by atoms with van der Waals surface area (Å²) >= 11 is 1.58. The van der Waals surface area contributed by atoms with Crippen LogP contribution in [-0.2, 0) is 22.6 Å². The Bertz CT molecular complexity index is 1150. The van der Waals surface area contributed by atoms with Crippen molar-refractivity contribution in [3.63, 3.8) is 0 Å². The van der Waals surface area contributed by atoms with E-state index in [0.29, 0.717) is 6.54 Å². The minimum Gasteiger partial charge on any atom is -0.347 e. The fourth-order valence-corrected chi connectivity index (χ4v) is 4.29. The number of nitrogens with one attached hydrogen (secondary N) is 1. The van der Waals surface area contributed by atoms with Crippen molar-refractivity contribution in [2.75, 3.05) is 13.6 Å². The van der Waals surface area contributed by atoms with E-state index >= 15 is 0 Å². The predicted molar refractivity (Wildman–Crippen MR) is 117 cm³/mol. The zero-order valence-electron chi connectivity index (χ0n) is 16.1. The lowest BCUT2D eigenvalue weighted by Crippen LogP contribution is -2.38. The fourth-order valence-electron chi connectivity index (χ4n) is 3.27. The first-order chi connectivity index (χ1) is 14.1. The van der Waals surface area contributed by atoms with Gasteiger partial charge < -0.3 is 10.2 Å². The Labute approximate surface area is 173 Å². The lowest BCUT2D eigenvalue weighted by molar-refractivity contribution is -0.132. The number of hydrogen-bond acceptors (Lipinski definition) is 4. The highest BCUT2D eigenvalue weighted by Crippen LogP contribution is 2.22. The van der Waals surface area contributed by atoms with E-state index in [1.807, 2.05) is 66.7 Å². The molecule has 0 aliphatic carbocycles. The quantitative estimate of drug-likeness (QED) is 0.533. The van der Waals surface area contributed by atoms with Gasteiger partial charge in [0.25, 0.3) is 0 Å². The number of carbonyl (C=O) groups excluding carboxylic acids is 2. The lowest BCUT2D eigenvalue weighted by Gasteiger charge is -2.16. The second-order valence-electron chi connectivity index (χ2n) is 6.92. The van der Waals surface area contributed by atoms with Gasteiger partial charge in [-0.3, -0.25) is 9.59 Å². The number of likely N-dealkylation sites (N-methyl/N-ethyl adjacent to an activating group) is 1. The third kappa shape index (κ3) is 4.43. The summed E-state index contributed by atoms with van der Waals surface area (Å²) in [7, 11) is 1.73. The zero-order valence-corrected chi connectivity index (χ0v) is 16.9. The molecule has 6 heteroatoms. The van der Waals surface area contributed by atoms with Gasteiger partial charge in [-0.1, -0.05) is 54.6 Å². The molecule has 0 atom stereocenters. The van der Waals surface area contributed by atoms with Gasteiger partial charge in [-0.15, -0.1) is 11.3 Å². The minimum atomic E-state index is -0.164. The van der Waals surface area contributed by atoms with Gasteiger partial charge in [-0.05, 0) is 28.5 Å². The molecule has 0 aliphatic heterocycles. The van der Waals surface area contributed by atoms with Gasteiger partial charge in [-0.25, -0.2) is 4.98 Å². The molecule has 0 spiro atoms. The molecule has 1 aromatic heterocycles. The van der Waals surface area contributed by atoms with Gasteiger partial charge in [0.1, 0.15) is 5.01 Å². The van der Waals surface area contributed by atoms with Gasteiger partial charge in [0.2, 0.25) is 11.8 Å². The van der Waals surface area contributed by atoms with Crippen LogP contribution in [0.4, 0.5) is 0 Å². The molecule has 0 saturated heterocycles. The molecule has 0 fully saturated rings. The van der Waals surface area contributed by atoms with Gasteiger partial charge >= 0.3 is 0 Å². The van der Waals surface area contributed by atoms with Gasteiger partial charge in [0, 0.05) is 7.05 Å². The Kier molecular flexibility index (Phi) is 5.53. The molecule has 4 aromatic rings. The SMILES string of the molecule is CN(Cc1nc2ccccc2s1)C(=O)CNC(=O)Cc1cccc2ccccc12. The number of amides is 2. The van der Waals surface area contributed by atoms with Crippen molar-refractivity contribution in [3.8, 4) is 0 Å². The number of benzene rings is 3. The first-order valence-electron chi connectivity index (χ1n) is 9.42. The van der Waals surface area contributed by atoms with E-state index in [1.165, 1.54) is 0 Å². The molecule has 5 nitrogen and oxygen atoms in total. The summed E-state index contributed by atoms with van der Waals surface area (Å²) < 4.78 is 1.10. The van der Waals surface area contributed by atoms with Crippen LogP contribution in [0.15, 0.2) is 66.7 Å². The van der Waals surface area contributed by atoms with Crippen molar-refractivity contribution >= 4 is 44.1 Å². The second-order valence-corrected chi connectivity index (χ2v) is 8.03. The molecule has 29 heavy (non-hydrogen) atoms. The van der Waals surface area contributed by atoms with E-state index in [9.17, 15) is 9.59 Å². The number of thiazole rings is 1. The number of carbonyl (C=O) groups is 2. The normalized spacial score (nSPS) is 10.9. The minimum absolute atomic E-state index is 0.0228. The van der Waals surface area contributed by atoms with Gasteiger partial charge in [-0.2, -0.15) is 0 Å². The Morgan fingerprint density at radius 1 is 1.00 bits per heavy atom. The van der Waals surface area contributed by atoms with E-state index in [4.69, 9.17) is 0 Å². The highest BCUT2D eigenvalue weighted by molar-refractivity contribution is 7.18. The highest BCUT2D eigenvalue weighted by atomic mass is 32.1. The third-order valence-corrected chi connectivity index (χ3v) is 5.83. The number of hydrogen-bond donors (Lipinski definition) is 1. The second kappa shape index (κ2) is 8.41. The van der Waals surface area contributed by atoms with Crippen LogP contribution in [-0.4, -0.2) is 35.3 Å². The van der Waals surface area contributed by atoms with E-state index < -0.39 is 0 Å². The van der Waals surface area contributed by atoms with Crippen LogP contribution in [0.5, 0.6) is 0 Å². The van der Waals surface area contributed by atoms with Crippen LogP contribution < -0.4 is 5.32 Å². The topological polar surface area (TPSA) is 62.3 Å². The standard InChI is InChI=1S/C23H21N3O2S/c1-26(15-22-25-19-11-4-5-12-20(19)29-22)23(28)14-24-21(27)13-17-9-6-8-16-7-2-3-10-18(16)17/h2-12H,13-15H2,1H3,(H,24,27). The summed E-state index contributed by atoms with van der Waals surface area (Å²) in [5.74, 6) is -0.307. The zero-order chi connectivity index (χ0) is 20.2. The molecule has 0 saturated carbocycles. The Hall–Kier alpha value is -3.25. The predicted octanol–water partition coefficient (Wildman–Crippen LogP) is 3.77. The van der Waals surface area contributed by atoms with Crippen molar-refractivity contribution in [3.05, 3.63) is 77.3 Å². The molecule has 1 heterocycles. The highest BCUT2D eigenvalue weighted by Gasteiger charge is 2.14. The molecule has 2 amide bonds. The third-order valence-electron chi connectivity index (χ3n) is 4.80. The first kappa shape index (κ1) is 19.1. The van der Waals surface area contributed by atoms with Gasteiger partial charge in [0.05, 0.1) is 29.7 Å². The Balaban J connectivity index is 1.33. The summed E-state index contributed by atoms with van der Waals surface area (Å²) in [6.45, 7) is 0.405. The van der Waals surface area contributed by atoms with Crippen molar-refractivity contribution in [1.29, 1.82) is 0 Å². The van der Waals surface area contributed by atoms with Crippen molar-refractivity contribution in [2.45, 2.75) is 13.0 Å². The molecule has 146 valence electrons. The lowest BCUT2D eigenvalue weighted by atomic mass is 10.0. The number of rotatable bonds is 6. The summed E-state index contributed by atoms with van der Waals surface area (Å²) in [5.41, 5.74) is 1.90. The maximum absolute atomic E-state index is 12.4. The number of para-hydroxylation sites is 1. The molecular formula is C23H21N3O2S. The molecular weight excluding hydrogens is 382 g/mol. The van der Waals surface area contributed by atoms with E-state index in [-0.39, 0.29) is 24.8 Å². The number of aromatic nitrogens is 1. The summed E-state index contributed by atoms with van der Waals surface area (Å²) in [4.78, 5) is 30.9. The number of nitrogens with zero attached hydrogens (tertiary/aromatic N) is 2. The average molecular weight is 404 g/mol. The van der Waals surface area contributed by atoms with Crippen LogP contribution in [0.3, 0.4) is 0 Å². The molecule has 1 N–H and O–H groups in total. The molecule has 0 unspecified atom stereocenters. The Morgan fingerprint density at radius 3 is 2.62 bits per heavy atom. The molecule has 4 rings (SSSR count). The van der Waals surface area contributed by atoms with E-state index in [2.05, 4.69) is 10.3 Å². The molecule has 3 aromatic carbocycles. The van der Waals surface area contributed by atoms with Crippen LogP contribution >= 0.6 is 11.3 Å². The van der Waals surface area contributed by atoms with Crippen molar-refractivity contribution in [2.24, 2.45) is 0 Å². The first-order valence-corrected chi connectivity index (χ1v) is 10.2. The van der Waals surface area contributed by atoms with Crippen LogP contribution in [0, 0.1) is 0 Å². The molecule has 0 bridgehead atoms. The maximum Gasteiger partial charge on any atom is 0.242 e. The average Bonchev–Trinajstić information content (AvgIpc) is 3.14. The smallest absolute Gasteiger partial charge is 0.242 e. The molecule has 0 aliphatic rings. The van der Waals surface area contributed by atoms with E-state index in [1.54, 1.807) is 23.3 Å². The van der Waals surface area contributed by atoms with Crippen molar-refractivity contribution in [1.82, 2.24) is 15.2 Å². The van der Waals surface area contributed by atoms with Gasteiger partial charge in [0.15, 0.2) is 0 Å². The summed E-state index contributed by atoms with van der Waals surface area (Å²) in [6, 6.07) is 21.8. The van der Waals surface area contributed by atoms with Crippen LogP contribution in [0.25, 0.3) is 21.0 Å². The largest absolute Gasteiger partial charge is 0.347 e. The number of fused-ring (bicyclic) bond motifs is 2. The fraction of sp³-hybridized carbons (Fsp3) is 0.174. The van der Waals surface area contributed by atoms with E-state index in [0.717, 1.165) is 31.6 Å².